The van der Waals surface area contributed by atoms with E-state index in [9.17, 15) is 0 Å². The van der Waals surface area contributed by atoms with Crippen molar-refractivity contribution in [2.24, 2.45) is 0 Å². The van der Waals surface area contributed by atoms with E-state index in [0.29, 0.717) is 19.8 Å². The van der Waals surface area contributed by atoms with E-state index in [0.717, 1.165) is 5.19 Å². The van der Waals surface area contributed by atoms with Crippen molar-refractivity contribution in [1.29, 1.82) is 0 Å². The van der Waals surface area contributed by atoms with Crippen molar-refractivity contribution in [3.63, 3.8) is 0 Å². The first-order valence-corrected chi connectivity index (χ1v) is 12.3. The fraction of sp³-hybridized carbons (Fsp3) is 0.500. The second kappa shape index (κ2) is 8.65. The Balaban J connectivity index is 3.10. The Bertz CT molecular complexity index is 426. The molecule has 1 rings (SSSR count). The summed E-state index contributed by atoms with van der Waals surface area (Å²) in [5.74, 6) is 0. The van der Waals surface area contributed by atoms with Crippen LogP contribution in [-0.2, 0) is 13.3 Å². The molecule has 21 heavy (non-hydrogen) atoms. The van der Waals surface area contributed by atoms with E-state index in [1.807, 2.05) is 20.8 Å². The Kier molecular flexibility index (Phi) is 7.55. The van der Waals surface area contributed by atoms with Gasteiger partial charge in [0.15, 0.2) is 0 Å². The lowest BCUT2D eigenvalue weighted by molar-refractivity contribution is 0.0859. The van der Waals surface area contributed by atoms with Crippen LogP contribution in [0.4, 0.5) is 0 Å². The van der Waals surface area contributed by atoms with E-state index in [-0.39, 0.29) is 0 Å². The van der Waals surface area contributed by atoms with E-state index in [1.54, 1.807) is 0 Å². The van der Waals surface area contributed by atoms with Gasteiger partial charge in [-0.25, -0.2) is 0 Å². The molecule has 118 valence electrons. The maximum absolute atomic E-state index is 5.92. The summed E-state index contributed by atoms with van der Waals surface area (Å²) >= 11 is 0. The number of hydrogen-bond acceptors (Lipinski definition) is 3. The SMILES string of the molecule is C=C(c1ccc([Si](OCC)(OCC)OCC)cc1)[SiH](C)C. The van der Waals surface area contributed by atoms with Crippen LogP contribution in [0.25, 0.3) is 5.20 Å². The highest BCUT2D eigenvalue weighted by atomic mass is 28.4. The lowest BCUT2D eigenvalue weighted by Crippen LogP contribution is -2.56. The minimum absolute atomic E-state index is 0.583. The molecule has 1 aromatic carbocycles. The second-order valence-electron chi connectivity index (χ2n) is 5.11. The molecule has 0 N–H and O–H groups in total. The third kappa shape index (κ3) is 4.62. The first-order valence-electron chi connectivity index (χ1n) is 7.72. The molecule has 0 atom stereocenters. The lowest BCUT2D eigenvalue weighted by Gasteiger charge is -2.28. The summed E-state index contributed by atoms with van der Waals surface area (Å²) in [5, 5.41) is 2.30. The number of rotatable bonds is 9. The Morgan fingerprint density at radius 3 is 1.71 bits per heavy atom. The van der Waals surface area contributed by atoms with Gasteiger partial charge in [-0.05, 0) is 26.3 Å². The predicted octanol–water partition coefficient (Wildman–Crippen LogP) is 2.98. The molecule has 0 radical (unpaired) electrons. The summed E-state index contributed by atoms with van der Waals surface area (Å²) in [5.41, 5.74) is 1.22. The van der Waals surface area contributed by atoms with E-state index < -0.39 is 17.6 Å². The highest BCUT2D eigenvalue weighted by molar-refractivity contribution is 6.77. The topological polar surface area (TPSA) is 27.7 Å². The summed E-state index contributed by atoms with van der Waals surface area (Å²) in [6, 6.07) is 8.38. The van der Waals surface area contributed by atoms with Crippen LogP contribution < -0.4 is 5.19 Å². The predicted molar refractivity (Wildman–Crippen MR) is 94.6 cm³/mol. The molecule has 0 fully saturated rings. The molecule has 5 heteroatoms. The molecular weight excluding hydrogens is 296 g/mol. The summed E-state index contributed by atoms with van der Waals surface area (Å²) in [4.78, 5) is 0. The summed E-state index contributed by atoms with van der Waals surface area (Å²) in [6.45, 7) is 16.4. The van der Waals surface area contributed by atoms with Crippen LogP contribution in [0.5, 0.6) is 0 Å². The highest BCUT2D eigenvalue weighted by Gasteiger charge is 2.43. The third-order valence-electron chi connectivity index (χ3n) is 3.31. The number of hydrogen-bond donors (Lipinski definition) is 0. The van der Waals surface area contributed by atoms with Gasteiger partial charge in [-0.15, -0.1) is 0 Å². The Morgan fingerprint density at radius 2 is 1.38 bits per heavy atom. The van der Waals surface area contributed by atoms with Crippen molar-refractivity contribution in [1.82, 2.24) is 0 Å². The first kappa shape index (κ1) is 18.3. The molecule has 0 amide bonds. The Hall–Kier alpha value is -0.726. The molecule has 0 spiro atoms. The van der Waals surface area contributed by atoms with Crippen molar-refractivity contribution in [2.75, 3.05) is 19.8 Å². The highest BCUT2D eigenvalue weighted by Crippen LogP contribution is 2.17. The largest absolute Gasteiger partial charge is 0.537 e. The zero-order chi connectivity index (χ0) is 15.9. The molecule has 0 aliphatic carbocycles. The van der Waals surface area contributed by atoms with E-state index in [2.05, 4.69) is 43.9 Å². The minimum atomic E-state index is -2.77. The molecule has 0 heterocycles. The molecular formula is C16H28O3Si2. The zero-order valence-electron chi connectivity index (χ0n) is 13.9. The van der Waals surface area contributed by atoms with E-state index in [1.165, 1.54) is 10.8 Å². The molecule has 1 aromatic rings. The summed E-state index contributed by atoms with van der Waals surface area (Å²) < 4.78 is 17.8. The van der Waals surface area contributed by atoms with Gasteiger partial charge in [0.2, 0.25) is 0 Å². The minimum Gasteiger partial charge on any atom is -0.370 e. The summed E-state index contributed by atoms with van der Waals surface area (Å²) in [6.07, 6.45) is 0. The van der Waals surface area contributed by atoms with Gasteiger partial charge in [0.05, 0.1) is 8.80 Å². The smallest absolute Gasteiger partial charge is 0.370 e. The fourth-order valence-corrected chi connectivity index (χ4v) is 5.49. The lowest BCUT2D eigenvalue weighted by atomic mass is 10.2. The first-order chi connectivity index (χ1) is 10.0. The quantitative estimate of drug-likeness (QED) is 0.654. The van der Waals surface area contributed by atoms with Crippen molar-refractivity contribution in [3.8, 4) is 0 Å². The van der Waals surface area contributed by atoms with E-state index >= 15 is 0 Å². The standard InChI is InChI=1S/C16H28O3Si2/c1-7-17-21(18-8-2,19-9-3)16-12-10-15(11-13-16)14(4)20(5)6/h10-13,20H,4,7-9H2,1-3,5-6H3. The van der Waals surface area contributed by atoms with Gasteiger partial charge < -0.3 is 13.3 Å². The fourth-order valence-electron chi connectivity index (χ4n) is 2.17. The van der Waals surface area contributed by atoms with E-state index in [4.69, 9.17) is 13.3 Å². The monoisotopic (exact) mass is 324 g/mol. The molecule has 3 nitrogen and oxygen atoms in total. The molecule has 0 bridgehead atoms. The van der Waals surface area contributed by atoms with Gasteiger partial charge >= 0.3 is 8.80 Å². The van der Waals surface area contributed by atoms with Crippen LogP contribution in [0.1, 0.15) is 26.3 Å². The van der Waals surface area contributed by atoms with Gasteiger partial charge in [-0.3, -0.25) is 0 Å². The Labute approximate surface area is 131 Å². The van der Waals surface area contributed by atoms with Crippen LogP contribution in [0.2, 0.25) is 13.1 Å². The molecule has 0 saturated heterocycles. The van der Waals surface area contributed by atoms with Crippen molar-refractivity contribution >= 4 is 28.0 Å². The third-order valence-corrected chi connectivity index (χ3v) is 8.08. The maximum Gasteiger partial charge on any atom is 0.537 e. The second-order valence-corrected chi connectivity index (χ2v) is 10.7. The molecule has 0 aliphatic heterocycles. The van der Waals surface area contributed by atoms with Crippen LogP contribution in [0.3, 0.4) is 0 Å². The van der Waals surface area contributed by atoms with Crippen molar-refractivity contribution in [2.45, 2.75) is 33.9 Å². The van der Waals surface area contributed by atoms with Gasteiger partial charge in [0, 0.05) is 25.0 Å². The van der Waals surface area contributed by atoms with Gasteiger partial charge in [-0.1, -0.05) is 49.1 Å². The van der Waals surface area contributed by atoms with Crippen LogP contribution in [0.15, 0.2) is 30.8 Å². The maximum atomic E-state index is 5.92. The van der Waals surface area contributed by atoms with Crippen LogP contribution in [0, 0.1) is 0 Å². The molecule has 0 unspecified atom stereocenters. The average Bonchev–Trinajstić information content (AvgIpc) is 2.47. The van der Waals surface area contributed by atoms with Crippen molar-refractivity contribution < 1.29 is 13.3 Å². The molecule has 0 aromatic heterocycles. The van der Waals surface area contributed by atoms with Crippen molar-refractivity contribution in [3.05, 3.63) is 36.4 Å². The van der Waals surface area contributed by atoms with Gasteiger partial charge in [0.25, 0.3) is 0 Å². The average molecular weight is 325 g/mol. The zero-order valence-corrected chi connectivity index (χ0v) is 16.1. The normalized spacial score (nSPS) is 11.9. The molecule has 0 saturated carbocycles. The Morgan fingerprint density at radius 1 is 0.952 bits per heavy atom. The number of benzene rings is 1. The van der Waals surface area contributed by atoms with Gasteiger partial charge in [-0.2, -0.15) is 0 Å². The summed E-state index contributed by atoms with van der Waals surface area (Å²) in [7, 11) is -3.64. The van der Waals surface area contributed by atoms with Crippen LogP contribution in [-0.4, -0.2) is 37.4 Å². The molecule has 0 aliphatic rings. The van der Waals surface area contributed by atoms with Gasteiger partial charge in [0.1, 0.15) is 0 Å². The van der Waals surface area contributed by atoms with Crippen LogP contribution >= 0.6 is 0 Å².